The Hall–Kier alpha value is -1.55. The monoisotopic (exact) mass is 266 g/mol. The van der Waals surface area contributed by atoms with Gasteiger partial charge in [0, 0.05) is 18.7 Å². The molecule has 1 aromatic rings. The largest absolute Gasteiger partial charge is 0.355 e. The zero-order chi connectivity index (χ0) is 13.0. The van der Waals surface area contributed by atoms with Gasteiger partial charge in [-0.15, -0.1) is 11.6 Å². The van der Waals surface area contributed by atoms with Crippen molar-refractivity contribution in [3.8, 4) is 0 Å². The van der Waals surface area contributed by atoms with Gasteiger partial charge < -0.3 is 10.6 Å². The van der Waals surface area contributed by atoms with E-state index in [0.29, 0.717) is 13.0 Å². The Bertz CT molecular complexity index is 474. The molecule has 18 heavy (non-hydrogen) atoms. The van der Waals surface area contributed by atoms with E-state index in [0.717, 1.165) is 29.7 Å². The molecule has 0 radical (unpaired) electrons. The number of anilines is 1. The summed E-state index contributed by atoms with van der Waals surface area (Å²) in [6.45, 7) is 0.580. The maximum atomic E-state index is 11.2. The molecule has 0 saturated carbocycles. The Balaban J connectivity index is 1.95. The van der Waals surface area contributed by atoms with E-state index in [1.165, 1.54) is 0 Å². The van der Waals surface area contributed by atoms with E-state index >= 15 is 0 Å². The molecule has 2 amide bonds. The van der Waals surface area contributed by atoms with Crippen LogP contribution in [0.5, 0.6) is 0 Å². The Morgan fingerprint density at radius 3 is 3.00 bits per heavy atom. The molecule has 2 rings (SSSR count). The molecule has 96 valence electrons. The van der Waals surface area contributed by atoms with Crippen molar-refractivity contribution >= 4 is 29.1 Å². The fraction of sp³-hybridized carbons (Fsp3) is 0.385. The van der Waals surface area contributed by atoms with Crippen molar-refractivity contribution in [3.63, 3.8) is 0 Å². The second-order valence-electron chi connectivity index (χ2n) is 4.27. The summed E-state index contributed by atoms with van der Waals surface area (Å²) < 4.78 is 0. The molecule has 0 fully saturated rings. The molecule has 0 atom stereocenters. The number of hydrogen-bond acceptors (Lipinski definition) is 2. The van der Waals surface area contributed by atoms with Crippen LogP contribution in [0.3, 0.4) is 0 Å². The molecular formula is C13H15ClN2O2. The highest BCUT2D eigenvalue weighted by molar-refractivity contribution is 6.27. The third kappa shape index (κ3) is 3.23. The van der Waals surface area contributed by atoms with Gasteiger partial charge in [0.15, 0.2) is 0 Å². The first-order valence-electron chi connectivity index (χ1n) is 5.93. The minimum absolute atomic E-state index is 0.00375. The van der Waals surface area contributed by atoms with Crippen LogP contribution in [0, 0.1) is 0 Å². The predicted molar refractivity (Wildman–Crippen MR) is 70.8 cm³/mol. The number of alkyl halides is 1. The summed E-state index contributed by atoms with van der Waals surface area (Å²) in [6.07, 6.45) is 2.09. The van der Waals surface area contributed by atoms with Gasteiger partial charge >= 0.3 is 0 Å². The molecular weight excluding hydrogens is 252 g/mol. The summed E-state index contributed by atoms with van der Waals surface area (Å²) >= 11 is 5.39. The molecule has 5 heteroatoms. The van der Waals surface area contributed by atoms with Gasteiger partial charge in [-0.1, -0.05) is 12.1 Å². The second kappa shape index (κ2) is 5.87. The van der Waals surface area contributed by atoms with Crippen molar-refractivity contribution in [2.75, 3.05) is 17.7 Å². The van der Waals surface area contributed by atoms with Crippen LogP contribution >= 0.6 is 11.6 Å². The number of halogens is 1. The third-order valence-electron chi connectivity index (χ3n) is 2.92. The van der Waals surface area contributed by atoms with Crippen LogP contribution < -0.4 is 10.6 Å². The average molecular weight is 267 g/mol. The highest BCUT2D eigenvalue weighted by Gasteiger charge is 2.14. The lowest BCUT2D eigenvalue weighted by Crippen LogP contribution is -2.26. The fourth-order valence-corrected chi connectivity index (χ4v) is 2.08. The number of hydrogen-bond donors (Lipinski definition) is 2. The smallest absolute Gasteiger partial charge is 0.234 e. The number of nitrogens with one attached hydrogen (secondary N) is 2. The highest BCUT2D eigenvalue weighted by Crippen LogP contribution is 2.23. The van der Waals surface area contributed by atoms with Gasteiger partial charge in [0.1, 0.15) is 5.88 Å². The number of carbonyl (C=O) groups is 2. The zero-order valence-corrected chi connectivity index (χ0v) is 10.7. The number of fused-ring (bicyclic) bond motifs is 1. The topological polar surface area (TPSA) is 58.2 Å². The van der Waals surface area contributed by atoms with Gasteiger partial charge in [0.05, 0.1) is 0 Å². The van der Waals surface area contributed by atoms with Crippen molar-refractivity contribution in [2.24, 2.45) is 0 Å². The molecule has 0 spiro atoms. The van der Waals surface area contributed by atoms with Crippen molar-refractivity contribution < 1.29 is 9.59 Å². The van der Waals surface area contributed by atoms with Crippen LogP contribution in [-0.2, 0) is 22.4 Å². The van der Waals surface area contributed by atoms with Crippen LogP contribution in [0.4, 0.5) is 5.69 Å². The van der Waals surface area contributed by atoms with Crippen LogP contribution in [0.1, 0.15) is 17.5 Å². The van der Waals surface area contributed by atoms with Crippen LogP contribution in [0.15, 0.2) is 18.2 Å². The van der Waals surface area contributed by atoms with Gasteiger partial charge in [-0.05, 0) is 30.0 Å². The van der Waals surface area contributed by atoms with E-state index in [-0.39, 0.29) is 17.7 Å². The summed E-state index contributed by atoms with van der Waals surface area (Å²) in [4.78, 5) is 22.2. The molecule has 0 aromatic heterocycles. The van der Waals surface area contributed by atoms with E-state index in [2.05, 4.69) is 16.7 Å². The van der Waals surface area contributed by atoms with Crippen LogP contribution in [-0.4, -0.2) is 24.2 Å². The summed E-state index contributed by atoms with van der Waals surface area (Å²) in [6, 6.07) is 5.98. The lowest BCUT2D eigenvalue weighted by molar-refractivity contribution is -0.118. The second-order valence-corrected chi connectivity index (χ2v) is 4.54. The van der Waals surface area contributed by atoms with Crippen molar-refractivity contribution in [3.05, 3.63) is 29.3 Å². The number of amides is 2. The SMILES string of the molecule is O=C(CCl)NCCc1ccc2c(c1)CCC(=O)N2. The van der Waals surface area contributed by atoms with Crippen LogP contribution in [0.25, 0.3) is 0 Å². The molecule has 1 aliphatic heterocycles. The summed E-state index contributed by atoms with van der Waals surface area (Å²) in [5.41, 5.74) is 3.22. The number of rotatable bonds is 4. The Labute approximate surface area is 111 Å². The summed E-state index contributed by atoms with van der Waals surface area (Å²) in [7, 11) is 0. The van der Waals surface area contributed by atoms with Crippen molar-refractivity contribution in [2.45, 2.75) is 19.3 Å². The molecule has 2 N–H and O–H groups in total. The maximum absolute atomic E-state index is 11.2. The lowest BCUT2D eigenvalue weighted by atomic mass is 9.99. The fourth-order valence-electron chi connectivity index (χ4n) is 1.99. The molecule has 1 heterocycles. The highest BCUT2D eigenvalue weighted by atomic mass is 35.5. The molecule has 1 aliphatic rings. The van der Waals surface area contributed by atoms with Gasteiger partial charge in [-0.2, -0.15) is 0 Å². The number of carbonyl (C=O) groups excluding carboxylic acids is 2. The lowest BCUT2D eigenvalue weighted by Gasteiger charge is -2.17. The number of aryl methyl sites for hydroxylation is 1. The standard InChI is InChI=1S/C13H15ClN2O2/c14-8-13(18)15-6-5-9-1-3-11-10(7-9)2-4-12(17)16-11/h1,3,7H,2,4-6,8H2,(H,15,18)(H,16,17). The Morgan fingerprint density at radius 2 is 2.22 bits per heavy atom. The molecule has 0 unspecified atom stereocenters. The van der Waals surface area contributed by atoms with E-state index in [1.54, 1.807) is 0 Å². The van der Waals surface area contributed by atoms with Crippen LogP contribution in [0.2, 0.25) is 0 Å². The van der Waals surface area contributed by atoms with Crippen molar-refractivity contribution in [1.29, 1.82) is 0 Å². The molecule has 0 saturated heterocycles. The summed E-state index contributed by atoms with van der Waals surface area (Å²) in [5.74, 6) is -0.0811. The minimum Gasteiger partial charge on any atom is -0.355 e. The first kappa shape index (κ1) is 12.9. The third-order valence-corrected chi connectivity index (χ3v) is 3.17. The van der Waals surface area contributed by atoms with E-state index in [9.17, 15) is 9.59 Å². The molecule has 1 aromatic carbocycles. The normalized spacial score (nSPS) is 13.7. The van der Waals surface area contributed by atoms with E-state index in [4.69, 9.17) is 11.6 Å². The Kier molecular flexibility index (Phi) is 4.20. The van der Waals surface area contributed by atoms with Gasteiger partial charge in [-0.3, -0.25) is 9.59 Å². The van der Waals surface area contributed by atoms with E-state index < -0.39 is 0 Å². The summed E-state index contributed by atoms with van der Waals surface area (Å²) in [5, 5.41) is 5.57. The van der Waals surface area contributed by atoms with Gasteiger partial charge in [0.25, 0.3) is 0 Å². The molecule has 0 bridgehead atoms. The van der Waals surface area contributed by atoms with E-state index in [1.807, 2.05) is 12.1 Å². The molecule has 4 nitrogen and oxygen atoms in total. The molecule has 0 aliphatic carbocycles. The average Bonchev–Trinajstić information content (AvgIpc) is 2.38. The first-order valence-corrected chi connectivity index (χ1v) is 6.47. The van der Waals surface area contributed by atoms with Crippen molar-refractivity contribution in [1.82, 2.24) is 5.32 Å². The quantitative estimate of drug-likeness (QED) is 0.811. The first-order chi connectivity index (χ1) is 8.69. The number of benzene rings is 1. The minimum atomic E-state index is -0.151. The predicted octanol–water partition coefficient (Wildman–Crippen LogP) is 1.47. The Morgan fingerprint density at radius 1 is 1.39 bits per heavy atom. The van der Waals surface area contributed by atoms with Gasteiger partial charge in [-0.25, -0.2) is 0 Å². The zero-order valence-electron chi connectivity index (χ0n) is 9.96. The van der Waals surface area contributed by atoms with Gasteiger partial charge in [0.2, 0.25) is 11.8 Å². The maximum Gasteiger partial charge on any atom is 0.234 e.